The number of carbonyl (C=O) groups excluding carboxylic acids is 1. The van der Waals surface area contributed by atoms with E-state index in [9.17, 15) is 17.6 Å². The van der Waals surface area contributed by atoms with Gasteiger partial charge in [-0.15, -0.1) is 0 Å². The molecule has 0 aliphatic carbocycles. The second kappa shape index (κ2) is 6.19. The number of anilines is 1. The molecule has 21 heavy (non-hydrogen) atoms. The molecule has 1 fully saturated rings. The Kier molecular flexibility index (Phi) is 4.73. The van der Waals surface area contributed by atoms with Crippen LogP contribution in [0.4, 0.5) is 14.9 Å². The topological polar surface area (TPSA) is 66.5 Å². The van der Waals surface area contributed by atoms with Crippen LogP contribution in [0.2, 0.25) is 5.02 Å². The van der Waals surface area contributed by atoms with Gasteiger partial charge in [0.1, 0.15) is 5.82 Å². The maximum absolute atomic E-state index is 13.6. The molecule has 1 heterocycles. The Morgan fingerprint density at radius 2 is 2.19 bits per heavy atom. The number of benzene rings is 1. The van der Waals surface area contributed by atoms with Crippen LogP contribution in [0.3, 0.4) is 0 Å². The summed E-state index contributed by atoms with van der Waals surface area (Å²) in [4.78, 5) is 13.5. The fraction of sp³-hybridized carbons (Fsp3) is 0.462. The summed E-state index contributed by atoms with van der Waals surface area (Å²) in [6, 6.07) is 3.33. The van der Waals surface area contributed by atoms with Gasteiger partial charge in [-0.1, -0.05) is 11.6 Å². The van der Waals surface area contributed by atoms with Crippen molar-refractivity contribution in [3.8, 4) is 0 Å². The summed E-state index contributed by atoms with van der Waals surface area (Å²) in [6.07, 6.45) is 2.30. The maximum Gasteiger partial charge on any atom is 0.321 e. The van der Waals surface area contributed by atoms with E-state index in [4.69, 9.17) is 11.6 Å². The van der Waals surface area contributed by atoms with Gasteiger partial charge in [0.15, 0.2) is 9.84 Å². The molecule has 0 radical (unpaired) electrons. The molecule has 1 N–H and O–H groups in total. The van der Waals surface area contributed by atoms with Crippen LogP contribution < -0.4 is 5.32 Å². The fourth-order valence-electron chi connectivity index (χ4n) is 2.26. The van der Waals surface area contributed by atoms with Gasteiger partial charge in [0, 0.05) is 24.4 Å². The lowest BCUT2D eigenvalue weighted by atomic mass is 10.1. The van der Waals surface area contributed by atoms with E-state index in [0.717, 1.165) is 12.3 Å². The summed E-state index contributed by atoms with van der Waals surface area (Å²) >= 11 is 5.76. The van der Waals surface area contributed by atoms with Crippen molar-refractivity contribution >= 4 is 33.2 Å². The highest BCUT2D eigenvalue weighted by atomic mass is 35.5. The summed E-state index contributed by atoms with van der Waals surface area (Å²) in [6.45, 7) is 0.562. The zero-order valence-electron chi connectivity index (χ0n) is 11.5. The number of hydrogen-bond donors (Lipinski definition) is 1. The molecule has 1 aliphatic rings. The minimum Gasteiger partial charge on any atom is -0.323 e. The highest BCUT2D eigenvalue weighted by Crippen LogP contribution is 2.21. The number of hydrogen-bond acceptors (Lipinski definition) is 3. The average Bonchev–Trinajstić information content (AvgIpc) is 2.42. The number of piperidine rings is 1. The molecule has 1 aromatic carbocycles. The van der Waals surface area contributed by atoms with E-state index in [2.05, 4.69) is 5.32 Å². The zero-order valence-corrected chi connectivity index (χ0v) is 13.0. The standard InChI is InChI=1S/C13H16ClFN2O3S/c1-21(19,20)10-3-2-6-17(8-10)13(18)16-12-7-9(14)4-5-11(12)15/h4-5,7,10H,2-3,6,8H2,1H3,(H,16,18). The van der Waals surface area contributed by atoms with Crippen LogP contribution in [0.15, 0.2) is 18.2 Å². The van der Waals surface area contributed by atoms with Gasteiger partial charge < -0.3 is 10.2 Å². The fourth-order valence-corrected chi connectivity index (χ4v) is 3.48. The Balaban J connectivity index is 2.08. The lowest BCUT2D eigenvalue weighted by Crippen LogP contribution is -2.46. The van der Waals surface area contributed by atoms with E-state index < -0.39 is 26.9 Å². The van der Waals surface area contributed by atoms with E-state index in [1.807, 2.05) is 0 Å². The molecule has 0 aromatic heterocycles. The number of halogens is 2. The molecule has 1 aromatic rings. The molecule has 0 bridgehead atoms. The van der Waals surface area contributed by atoms with Gasteiger partial charge in [0.05, 0.1) is 10.9 Å². The Labute approximate surface area is 128 Å². The number of rotatable bonds is 2. The largest absolute Gasteiger partial charge is 0.323 e. The van der Waals surface area contributed by atoms with E-state index >= 15 is 0 Å². The summed E-state index contributed by atoms with van der Waals surface area (Å²) in [5.41, 5.74) is -0.0195. The van der Waals surface area contributed by atoms with Crippen LogP contribution in [0.5, 0.6) is 0 Å². The van der Waals surface area contributed by atoms with Crippen molar-refractivity contribution in [3.63, 3.8) is 0 Å². The molecular weight excluding hydrogens is 319 g/mol. The highest BCUT2D eigenvalue weighted by molar-refractivity contribution is 7.91. The van der Waals surface area contributed by atoms with Crippen LogP contribution in [0.25, 0.3) is 0 Å². The molecule has 1 atom stereocenters. The van der Waals surface area contributed by atoms with Crippen molar-refractivity contribution < 1.29 is 17.6 Å². The molecule has 0 saturated carbocycles. The van der Waals surface area contributed by atoms with Gasteiger partial charge in [0.2, 0.25) is 0 Å². The van der Waals surface area contributed by atoms with Gasteiger partial charge in [-0.25, -0.2) is 17.6 Å². The van der Waals surface area contributed by atoms with E-state index in [0.29, 0.717) is 24.4 Å². The first kappa shape index (κ1) is 16.0. The Morgan fingerprint density at radius 1 is 1.48 bits per heavy atom. The van der Waals surface area contributed by atoms with Gasteiger partial charge in [-0.05, 0) is 31.0 Å². The number of sulfone groups is 1. The Hall–Kier alpha value is -1.34. The van der Waals surface area contributed by atoms with Crippen LogP contribution >= 0.6 is 11.6 Å². The molecule has 8 heteroatoms. The first-order valence-corrected chi connectivity index (χ1v) is 8.80. The summed E-state index contributed by atoms with van der Waals surface area (Å²) in [5.74, 6) is -0.593. The van der Waals surface area contributed by atoms with Gasteiger partial charge in [-0.2, -0.15) is 0 Å². The molecule has 0 spiro atoms. The van der Waals surface area contributed by atoms with Crippen molar-refractivity contribution in [1.82, 2.24) is 4.90 Å². The molecule has 1 unspecified atom stereocenters. The first-order chi connectivity index (χ1) is 9.77. The van der Waals surface area contributed by atoms with Crippen LogP contribution in [0, 0.1) is 5.82 Å². The molecule has 116 valence electrons. The monoisotopic (exact) mass is 334 g/mol. The maximum atomic E-state index is 13.6. The number of urea groups is 1. The lowest BCUT2D eigenvalue weighted by Gasteiger charge is -2.31. The molecule has 2 rings (SSSR count). The number of amides is 2. The summed E-state index contributed by atoms with van der Waals surface area (Å²) in [7, 11) is -3.20. The molecule has 1 aliphatic heterocycles. The van der Waals surface area contributed by atoms with Crippen molar-refractivity contribution in [3.05, 3.63) is 29.0 Å². The average molecular weight is 335 g/mol. The van der Waals surface area contributed by atoms with Gasteiger partial charge >= 0.3 is 6.03 Å². The van der Waals surface area contributed by atoms with Gasteiger partial charge in [0.25, 0.3) is 0 Å². The summed E-state index contributed by atoms with van der Waals surface area (Å²) in [5, 5.41) is 2.16. The van der Waals surface area contributed by atoms with Crippen molar-refractivity contribution in [1.29, 1.82) is 0 Å². The minimum atomic E-state index is -3.20. The number of nitrogens with zero attached hydrogens (tertiary/aromatic N) is 1. The minimum absolute atomic E-state index is 0.0195. The third-order valence-corrected chi connectivity index (χ3v) is 5.27. The van der Waals surface area contributed by atoms with Crippen molar-refractivity contribution in [2.24, 2.45) is 0 Å². The van der Waals surface area contributed by atoms with Crippen LogP contribution in [-0.4, -0.2) is 43.9 Å². The predicted octanol–water partition coefficient (Wildman–Crippen LogP) is 2.52. The lowest BCUT2D eigenvalue weighted by molar-refractivity contribution is 0.200. The molecule has 1 saturated heterocycles. The van der Waals surface area contributed by atoms with Crippen molar-refractivity contribution in [2.45, 2.75) is 18.1 Å². The number of nitrogens with one attached hydrogen (secondary N) is 1. The molecular formula is C13H16ClFN2O3S. The Morgan fingerprint density at radius 3 is 2.86 bits per heavy atom. The molecule has 5 nitrogen and oxygen atoms in total. The number of likely N-dealkylation sites (tertiary alicyclic amines) is 1. The third-order valence-electron chi connectivity index (χ3n) is 3.44. The van der Waals surface area contributed by atoms with E-state index in [1.54, 1.807) is 0 Å². The van der Waals surface area contributed by atoms with E-state index in [1.165, 1.54) is 17.0 Å². The number of carbonyl (C=O) groups is 1. The molecule has 2 amide bonds. The smallest absolute Gasteiger partial charge is 0.321 e. The van der Waals surface area contributed by atoms with E-state index in [-0.39, 0.29) is 12.2 Å². The first-order valence-electron chi connectivity index (χ1n) is 6.47. The quantitative estimate of drug-likeness (QED) is 0.903. The second-order valence-electron chi connectivity index (χ2n) is 5.09. The highest BCUT2D eigenvalue weighted by Gasteiger charge is 2.30. The van der Waals surface area contributed by atoms with Crippen molar-refractivity contribution in [2.75, 3.05) is 24.7 Å². The predicted molar refractivity (Wildman–Crippen MR) is 79.9 cm³/mol. The SMILES string of the molecule is CS(=O)(=O)C1CCCN(C(=O)Nc2cc(Cl)ccc2F)C1. The summed E-state index contributed by atoms with van der Waals surface area (Å²) < 4.78 is 36.7. The third kappa shape index (κ3) is 4.07. The van der Waals surface area contributed by atoms with Gasteiger partial charge in [-0.3, -0.25) is 0 Å². The zero-order chi connectivity index (χ0) is 15.6. The second-order valence-corrected chi connectivity index (χ2v) is 7.86. The Bertz CT molecular complexity index is 651. The van der Waals surface area contributed by atoms with Crippen LogP contribution in [-0.2, 0) is 9.84 Å². The normalized spacial score (nSPS) is 19.4. The van der Waals surface area contributed by atoms with Crippen LogP contribution in [0.1, 0.15) is 12.8 Å².